The largest absolute Gasteiger partial charge is 0.494 e. The lowest BCUT2D eigenvalue weighted by molar-refractivity contribution is 0.0737. The Labute approximate surface area is 186 Å². The van der Waals surface area contributed by atoms with Crippen LogP contribution in [0, 0.1) is 0 Å². The number of nitrogens with zero attached hydrogens (tertiary/aromatic N) is 2. The molecule has 0 N–H and O–H groups in total. The molecule has 0 spiro atoms. The van der Waals surface area contributed by atoms with Gasteiger partial charge in [-0.25, -0.2) is 0 Å². The maximum atomic E-state index is 13.3. The maximum absolute atomic E-state index is 13.3. The van der Waals surface area contributed by atoms with Crippen molar-refractivity contribution in [3.63, 3.8) is 0 Å². The molecule has 4 heteroatoms. The summed E-state index contributed by atoms with van der Waals surface area (Å²) in [5.41, 5.74) is 3.11. The second-order valence-electron chi connectivity index (χ2n) is 7.92. The average Bonchev–Trinajstić information content (AvgIpc) is 3.24. The number of carbonyl (C=O) groups is 1. The standard InChI is InChI=1S/C27H34N2O2/c1-3-5-18-29(27(30)24-14-16-26(17-15-24)31-20-6-4-2)22-25-13-10-19-28(25)21-23-11-8-7-9-12-23/h7-17,19H,3-6,18,20-22H2,1-2H3. The first kappa shape index (κ1) is 22.7. The Morgan fingerprint density at radius 2 is 1.65 bits per heavy atom. The van der Waals surface area contributed by atoms with Crippen LogP contribution < -0.4 is 4.74 Å². The number of ether oxygens (including phenoxy) is 1. The maximum Gasteiger partial charge on any atom is 0.254 e. The van der Waals surface area contributed by atoms with E-state index in [1.807, 2.05) is 35.2 Å². The van der Waals surface area contributed by atoms with Gasteiger partial charge < -0.3 is 14.2 Å². The number of hydrogen-bond acceptors (Lipinski definition) is 2. The molecule has 0 unspecified atom stereocenters. The second kappa shape index (κ2) is 12.0. The smallest absolute Gasteiger partial charge is 0.254 e. The normalized spacial score (nSPS) is 10.8. The summed E-state index contributed by atoms with van der Waals surface area (Å²) in [6, 6.07) is 22.2. The summed E-state index contributed by atoms with van der Waals surface area (Å²) >= 11 is 0. The van der Waals surface area contributed by atoms with Gasteiger partial charge >= 0.3 is 0 Å². The lowest BCUT2D eigenvalue weighted by Gasteiger charge is -2.24. The van der Waals surface area contributed by atoms with Gasteiger partial charge in [-0.3, -0.25) is 4.79 Å². The highest BCUT2D eigenvalue weighted by Gasteiger charge is 2.17. The Bertz CT molecular complexity index is 916. The van der Waals surface area contributed by atoms with Crippen molar-refractivity contribution in [2.24, 2.45) is 0 Å². The third-order valence-electron chi connectivity index (χ3n) is 5.41. The van der Waals surface area contributed by atoms with Crippen molar-refractivity contribution in [3.8, 4) is 5.75 Å². The van der Waals surface area contributed by atoms with Gasteiger partial charge in [-0.2, -0.15) is 0 Å². The molecule has 0 saturated carbocycles. The molecule has 31 heavy (non-hydrogen) atoms. The van der Waals surface area contributed by atoms with E-state index in [1.165, 1.54) is 5.56 Å². The summed E-state index contributed by atoms with van der Waals surface area (Å²) in [6.45, 7) is 7.18. The van der Waals surface area contributed by atoms with E-state index in [9.17, 15) is 4.79 Å². The molecule has 3 rings (SSSR count). The Balaban J connectivity index is 1.70. The van der Waals surface area contributed by atoms with Crippen LogP contribution in [-0.2, 0) is 13.1 Å². The third kappa shape index (κ3) is 6.74. The van der Waals surface area contributed by atoms with E-state index in [1.54, 1.807) is 0 Å². The summed E-state index contributed by atoms with van der Waals surface area (Å²) in [7, 11) is 0. The number of unbranched alkanes of at least 4 members (excludes halogenated alkanes) is 2. The van der Waals surface area contributed by atoms with Gasteiger partial charge in [0.1, 0.15) is 5.75 Å². The molecule has 1 aromatic heterocycles. The van der Waals surface area contributed by atoms with Gasteiger partial charge in [-0.1, -0.05) is 57.0 Å². The van der Waals surface area contributed by atoms with Crippen LogP contribution in [0.15, 0.2) is 72.9 Å². The van der Waals surface area contributed by atoms with Crippen LogP contribution >= 0.6 is 0 Å². The summed E-state index contributed by atoms with van der Waals surface area (Å²) in [5.74, 6) is 0.892. The fourth-order valence-electron chi connectivity index (χ4n) is 3.53. The van der Waals surface area contributed by atoms with Crippen molar-refractivity contribution < 1.29 is 9.53 Å². The molecule has 0 atom stereocenters. The SMILES string of the molecule is CCCCOc1ccc(C(=O)N(CCCC)Cc2cccn2Cc2ccccc2)cc1. The zero-order valence-corrected chi connectivity index (χ0v) is 18.8. The lowest BCUT2D eigenvalue weighted by Crippen LogP contribution is -2.32. The van der Waals surface area contributed by atoms with Gasteiger partial charge in [-0.05, 0) is 54.8 Å². The molecule has 0 fully saturated rings. The van der Waals surface area contributed by atoms with E-state index in [0.29, 0.717) is 18.7 Å². The molecule has 4 nitrogen and oxygen atoms in total. The number of amides is 1. The van der Waals surface area contributed by atoms with Crippen LogP contribution in [0.4, 0.5) is 0 Å². The molecule has 1 heterocycles. The molecule has 0 aliphatic rings. The van der Waals surface area contributed by atoms with E-state index in [0.717, 1.165) is 50.2 Å². The van der Waals surface area contributed by atoms with Crippen LogP contribution in [0.3, 0.4) is 0 Å². The highest BCUT2D eigenvalue weighted by Crippen LogP contribution is 2.17. The number of rotatable bonds is 12. The minimum absolute atomic E-state index is 0.0704. The molecule has 1 amide bonds. The van der Waals surface area contributed by atoms with Crippen LogP contribution in [0.5, 0.6) is 5.75 Å². The summed E-state index contributed by atoms with van der Waals surface area (Å²) in [5, 5.41) is 0. The van der Waals surface area contributed by atoms with Crippen LogP contribution in [0.25, 0.3) is 0 Å². The van der Waals surface area contributed by atoms with Crippen molar-refractivity contribution in [1.29, 1.82) is 0 Å². The van der Waals surface area contributed by atoms with Gasteiger partial charge in [0, 0.05) is 30.5 Å². The third-order valence-corrected chi connectivity index (χ3v) is 5.41. The van der Waals surface area contributed by atoms with E-state index in [2.05, 4.69) is 61.0 Å². The molecule has 0 radical (unpaired) electrons. The van der Waals surface area contributed by atoms with Crippen molar-refractivity contribution in [3.05, 3.63) is 89.7 Å². The van der Waals surface area contributed by atoms with Gasteiger partial charge in [0.25, 0.3) is 5.91 Å². The predicted octanol–water partition coefficient (Wildman–Crippen LogP) is 6.16. The fraction of sp³-hybridized carbons (Fsp3) is 0.370. The number of benzene rings is 2. The number of aromatic nitrogens is 1. The molecular formula is C27H34N2O2. The minimum Gasteiger partial charge on any atom is -0.494 e. The zero-order chi connectivity index (χ0) is 21.9. The molecule has 164 valence electrons. The van der Waals surface area contributed by atoms with E-state index >= 15 is 0 Å². The van der Waals surface area contributed by atoms with Crippen molar-refractivity contribution >= 4 is 5.91 Å². The Morgan fingerprint density at radius 3 is 2.35 bits per heavy atom. The highest BCUT2D eigenvalue weighted by atomic mass is 16.5. The predicted molar refractivity (Wildman–Crippen MR) is 126 cm³/mol. The van der Waals surface area contributed by atoms with Gasteiger partial charge in [0.15, 0.2) is 0 Å². The monoisotopic (exact) mass is 418 g/mol. The Kier molecular flexibility index (Phi) is 8.77. The van der Waals surface area contributed by atoms with Crippen LogP contribution in [0.1, 0.15) is 61.1 Å². The Morgan fingerprint density at radius 1 is 0.903 bits per heavy atom. The average molecular weight is 419 g/mol. The van der Waals surface area contributed by atoms with E-state index < -0.39 is 0 Å². The molecule has 2 aromatic carbocycles. The Hall–Kier alpha value is -3.01. The molecule has 0 bridgehead atoms. The van der Waals surface area contributed by atoms with E-state index in [4.69, 9.17) is 4.74 Å². The number of hydrogen-bond donors (Lipinski definition) is 0. The topological polar surface area (TPSA) is 34.5 Å². The molecule has 0 saturated heterocycles. The van der Waals surface area contributed by atoms with Crippen molar-refractivity contribution in [2.45, 2.75) is 52.6 Å². The van der Waals surface area contributed by atoms with E-state index in [-0.39, 0.29) is 5.91 Å². The van der Waals surface area contributed by atoms with Gasteiger partial charge in [0.05, 0.1) is 13.2 Å². The first-order valence-electron chi connectivity index (χ1n) is 11.4. The molecule has 3 aromatic rings. The van der Waals surface area contributed by atoms with Crippen LogP contribution in [-0.4, -0.2) is 28.5 Å². The number of carbonyl (C=O) groups excluding carboxylic acids is 1. The van der Waals surface area contributed by atoms with Crippen molar-refractivity contribution in [2.75, 3.05) is 13.2 Å². The first-order chi connectivity index (χ1) is 15.2. The molecular weight excluding hydrogens is 384 g/mol. The molecule has 0 aliphatic carbocycles. The summed E-state index contributed by atoms with van der Waals surface area (Å²) in [6.07, 6.45) is 6.28. The zero-order valence-electron chi connectivity index (χ0n) is 18.8. The lowest BCUT2D eigenvalue weighted by atomic mass is 10.1. The quantitative estimate of drug-likeness (QED) is 0.330. The first-order valence-corrected chi connectivity index (χ1v) is 11.4. The summed E-state index contributed by atoms with van der Waals surface area (Å²) in [4.78, 5) is 15.3. The highest BCUT2D eigenvalue weighted by molar-refractivity contribution is 5.94. The minimum atomic E-state index is 0.0704. The van der Waals surface area contributed by atoms with Crippen LogP contribution in [0.2, 0.25) is 0 Å². The second-order valence-corrected chi connectivity index (χ2v) is 7.92. The van der Waals surface area contributed by atoms with Crippen molar-refractivity contribution in [1.82, 2.24) is 9.47 Å². The van der Waals surface area contributed by atoms with Gasteiger partial charge in [0.2, 0.25) is 0 Å². The van der Waals surface area contributed by atoms with Gasteiger partial charge in [-0.15, -0.1) is 0 Å². The summed E-state index contributed by atoms with van der Waals surface area (Å²) < 4.78 is 7.96. The molecule has 0 aliphatic heterocycles. The fourth-order valence-corrected chi connectivity index (χ4v) is 3.53.